The molecule has 25 heavy (non-hydrogen) atoms. The second-order valence-corrected chi connectivity index (χ2v) is 5.99. The number of carbonyl (C=O) groups is 2. The average Bonchev–Trinajstić information content (AvgIpc) is 2.88. The summed E-state index contributed by atoms with van der Waals surface area (Å²) < 4.78 is 15.3. The molecular formula is C19H18FN3O2. The first-order valence-electron chi connectivity index (χ1n) is 7.87. The van der Waals surface area contributed by atoms with Gasteiger partial charge >= 0.3 is 0 Å². The number of pyridine rings is 1. The lowest BCUT2D eigenvalue weighted by molar-refractivity contribution is 0.0950. The molecule has 0 atom stereocenters. The summed E-state index contributed by atoms with van der Waals surface area (Å²) >= 11 is 0. The number of nitrogens with one attached hydrogen (secondary N) is 1. The summed E-state index contributed by atoms with van der Waals surface area (Å²) in [5.74, 6) is -0.727. The summed E-state index contributed by atoms with van der Waals surface area (Å²) in [4.78, 5) is 28.3. The number of hydrogen-bond donors (Lipinski definition) is 1. The van der Waals surface area contributed by atoms with E-state index in [2.05, 4.69) is 10.3 Å². The van der Waals surface area contributed by atoms with E-state index in [0.717, 1.165) is 5.52 Å². The number of hydrogen-bond acceptors (Lipinski definition) is 3. The van der Waals surface area contributed by atoms with Gasteiger partial charge < -0.3 is 9.88 Å². The van der Waals surface area contributed by atoms with Crippen LogP contribution in [0, 0.1) is 12.7 Å². The number of Topliss-reactive ketones (excluding diaryl/α,β-unsaturated/α-hetero) is 1. The first-order valence-corrected chi connectivity index (χ1v) is 7.87. The van der Waals surface area contributed by atoms with Crippen LogP contribution in [0.1, 0.15) is 39.0 Å². The molecule has 1 amide bonds. The van der Waals surface area contributed by atoms with Gasteiger partial charge in [0.15, 0.2) is 5.78 Å². The first-order chi connectivity index (χ1) is 11.9. The van der Waals surface area contributed by atoms with Crippen molar-refractivity contribution >= 4 is 22.6 Å². The predicted octanol–water partition coefficient (Wildman–Crippen LogP) is 3.15. The Bertz CT molecular complexity index is 992. The van der Waals surface area contributed by atoms with Crippen molar-refractivity contribution in [3.05, 3.63) is 64.9 Å². The SMILES string of the molecule is CC(=O)c1ccc(CNC(=O)c2cn(C)c3ccc(F)cc23)nc1C. The van der Waals surface area contributed by atoms with Gasteiger partial charge in [-0.05, 0) is 44.2 Å². The van der Waals surface area contributed by atoms with E-state index in [4.69, 9.17) is 0 Å². The van der Waals surface area contributed by atoms with Crippen LogP contribution in [0.3, 0.4) is 0 Å². The number of amides is 1. The number of ketones is 1. The Labute approximate surface area is 144 Å². The van der Waals surface area contributed by atoms with Crippen molar-refractivity contribution in [2.45, 2.75) is 20.4 Å². The zero-order valence-corrected chi connectivity index (χ0v) is 14.3. The average molecular weight is 339 g/mol. The van der Waals surface area contributed by atoms with Crippen molar-refractivity contribution in [3.63, 3.8) is 0 Å². The van der Waals surface area contributed by atoms with Crippen molar-refractivity contribution in [3.8, 4) is 0 Å². The van der Waals surface area contributed by atoms with E-state index in [0.29, 0.717) is 27.9 Å². The van der Waals surface area contributed by atoms with E-state index in [9.17, 15) is 14.0 Å². The standard InChI is InChI=1S/C19H18FN3O2/c1-11-15(12(2)24)6-5-14(22-11)9-21-19(25)17-10-23(3)18-7-4-13(20)8-16(17)18/h4-8,10H,9H2,1-3H3,(H,21,25). The number of rotatable bonds is 4. The lowest BCUT2D eigenvalue weighted by Gasteiger charge is -2.07. The molecule has 0 spiro atoms. The van der Waals surface area contributed by atoms with Crippen LogP contribution in [0.25, 0.3) is 10.9 Å². The summed E-state index contributed by atoms with van der Waals surface area (Å²) in [7, 11) is 1.81. The molecule has 2 aromatic heterocycles. The van der Waals surface area contributed by atoms with Crippen LogP contribution in [-0.2, 0) is 13.6 Å². The molecule has 0 fully saturated rings. The molecule has 0 saturated heterocycles. The molecule has 0 radical (unpaired) electrons. The number of fused-ring (bicyclic) bond motifs is 1. The van der Waals surface area contributed by atoms with Crippen molar-refractivity contribution in [1.82, 2.24) is 14.9 Å². The molecule has 1 aromatic carbocycles. The minimum Gasteiger partial charge on any atom is -0.350 e. The Morgan fingerprint density at radius 2 is 1.96 bits per heavy atom. The van der Waals surface area contributed by atoms with Gasteiger partial charge in [-0.25, -0.2) is 4.39 Å². The van der Waals surface area contributed by atoms with Crippen molar-refractivity contribution in [2.75, 3.05) is 0 Å². The number of halogens is 1. The van der Waals surface area contributed by atoms with Gasteiger partial charge in [-0.3, -0.25) is 14.6 Å². The minimum absolute atomic E-state index is 0.0432. The minimum atomic E-state index is -0.384. The largest absolute Gasteiger partial charge is 0.350 e. The molecule has 0 aliphatic heterocycles. The molecule has 3 rings (SSSR count). The molecule has 3 aromatic rings. The van der Waals surface area contributed by atoms with Crippen LogP contribution in [0.5, 0.6) is 0 Å². The van der Waals surface area contributed by atoms with Crippen molar-refractivity contribution in [1.29, 1.82) is 0 Å². The van der Waals surface area contributed by atoms with Crippen LogP contribution >= 0.6 is 0 Å². The van der Waals surface area contributed by atoms with Gasteiger partial charge in [0.1, 0.15) is 5.82 Å². The molecular weight excluding hydrogens is 321 g/mol. The van der Waals surface area contributed by atoms with E-state index < -0.39 is 0 Å². The number of nitrogens with zero attached hydrogens (tertiary/aromatic N) is 2. The summed E-state index contributed by atoms with van der Waals surface area (Å²) in [5, 5.41) is 3.36. The zero-order valence-electron chi connectivity index (χ0n) is 14.3. The Hall–Kier alpha value is -3.02. The first kappa shape index (κ1) is 16.8. The third kappa shape index (κ3) is 3.28. The van der Waals surface area contributed by atoms with Crippen LogP contribution in [-0.4, -0.2) is 21.2 Å². The van der Waals surface area contributed by atoms with Gasteiger partial charge in [-0.1, -0.05) is 0 Å². The fraction of sp³-hybridized carbons (Fsp3) is 0.211. The molecule has 1 N–H and O–H groups in total. The highest BCUT2D eigenvalue weighted by atomic mass is 19.1. The topological polar surface area (TPSA) is 64.0 Å². The lowest BCUT2D eigenvalue weighted by Crippen LogP contribution is -2.23. The fourth-order valence-electron chi connectivity index (χ4n) is 2.89. The van der Waals surface area contributed by atoms with E-state index in [-0.39, 0.29) is 24.1 Å². The molecule has 0 unspecified atom stereocenters. The Balaban J connectivity index is 1.81. The molecule has 0 aliphatic rings. The van der Waals surface area contributed by atoms with Gasteiger partial charge in [-0.2, -0.15) is 0 Å². The van der Waals surface area contributed by atoms with Crippen molar-refractivity contribution < 1.29 is 14.0 Å². The monoisotopic (exact) mass is 339 g/mol. The van der Waals surface area contributed by atoms with Crippen LogP contribution in [0.4, 0.5) is 4.39 Å². The molecule has 0 saturated carbocycles. The molecule has 5 nitrogen and oxygen atoms in total. The van der Waals surface area contributed by atoms with E-state index >= 15 is 0 Å². The Kier molecular flexibility index (Phi) is 4.35. The zero-order chi connectivity index (χ0) is 18.1. The maximum atomic E-state index is 13.5. The highest BCUT2D eigenvalue weighted by Gasteiger charge is 2.15. The smallest absolute Gasteiger partial charge is 0.253 e. The molecule has 0 aliphatic carbocycles. The van der Waals surface area contributed by atoms with E-state index in [1.807, 2.05) is 7.05 Å². The number of benzene rings is 1. The summed E-state index contributed by atoms with van der Waals surface area (Å²) in [6.07, 6.45) is 1.68. The number of aromatic nitrogens is 2. The fourth-order valence-corrected chi connectivity index (χ4v) is 2.89. The van der Waals surface area contributed by atoms with Gasteiger partial charge in [0, 0.05) is 35.4 Å². The van der Waals surface area contributed by atoms with E-state index in [1.165, 1.54) is 19.1 Å². The predicted molar refractivity (Wildman–Crippen MR) is 93.0 cm³/mol. The lowest BCUT2D eigenvalue weighted by atomic mass is 10.1. The third-order valence-electron chi connectivity index (χ3n) is 4.15. The highest BCUT2D eigenvalue weighted by Crippen LogP contribution is 2.21. The summed E-state index contributed by atoms with van der Waals surface area (Å²) in [6.45, 7) is 3.48. The van der Waals surface area contributed by atoms with Crippen LogP contribution in [0.2, 0.25) is 0 Å². The third-order valence-corrected chi connectivity index (χ3v) is 4.15. The molecule has 128 valence electrons. The number of carbonyl (C=O) groups excluding carboxylic acids is 2. The summed E-state index contributed by atoms with van der Waals surface area (Å²) in [6, 6.07) is 7.79. The Morgan fingerprint density at radius 1 is 1.20 bits per heavy atom. The molecule has 6 heteroatoms. The second-order valence-electron chi connectivity index (χ2n) is 5.99. The van der Waals surface area contributed by atoms with Crippen molar-refractivity contribution in [2.24, 2.45) is 7.05 Å². The number of aryl methyl sites for hydroxylation is 2. The highest BCUT2D eigenvalue weighted by molar-refractivity contribution is 6.07. The maximum absolute atomic E-state index is 13.5. The van der Waals surface area contributed by atoms with Gasteiger partial charge in [0.05, 0.1) is 17.8 Å². The molecule has 2 heterocycles. The van der Waals surface area contributed by atoms with E-state index in [1.54, 1.807) is 35.9 Å². The quantitative estimate of drug-likeness (QED) is 0.743. The molecule has 0 bridgehead atoms. The maximum Gasteiger partial charge on any atom is 0.253 e. The van der Waals surface area contributed by atoms with Crippen LogP contribution < -0.4 is 5.32 Å². The Morgan fingerprint density at radius 3 is 2.64 bits per heavy atom. The van der Waals surface area contributed by atoms with Gasteiger partial charge in [-0.15, -0.1) is 0 Å². The van der Waals surface area contributed by atoms with Crippen LogP contribution in [0.15, 0.2) is 36.5 Å². The second kappa shape index (κ2) is 6.47. The normalized spacial score (nSPS) is 10.9. The van der Waals surface area contributed by atoms with Gasteiger partial charge in [0.25, 0.3) is 5.91 Å². The summed E-state index contributed by atoms with van der Waals surface area (Å²) in [5.41, 5.74) is 3.05. The van der Waals surface area contributed by atoms with Gasteiger partial charge in [0.2, 0.25) is 0 Å².